The molecule has 1 amide bonds. The average molecular weight is 537 g/mol. The van der Waals surface area contributed by atoms with E-state index in [2.05, 4.69) is 30.6 Å². The summed E-state index contributed by atoms with van der Waals surface area (Å²) >= 11 is 0. The molecule has 4 rings (SSSR count). The van der Waals surface area contributed by atoms with E-state index in [4.69, 9.17) is 0 Å². The van der Waals surface area contributed by atoms with Gasteiger partial charge >= 0.3 is 6.55 Å². The van der Waals surface area contributed by atoms with Gasteiger partial charge in [-0.3, -0.25) is 19.0 Å². The molecule has 2 N–H and O–H groups in total. The molecule has 2 aromatic heterocycles. The van der Waals surface area contributed by atoms with E-state index in [-0.39, 0.29) is 29.8 Å². The lowest BCUT2D eigenvalue weighted by Crippen LogP contribution is -2.33. The van der Waals surface area contributed by atoms with Crippen molar-refractivity contribution in [1.29, 1.82) is 0 Å². The third-order valence-corrected chi connectivity index (χ3v) is 6.89. The van der Waals surface area contributed by atoms with Crippen molar-refractivity contribution in [2.45, 2.75) is 33.4 Å². The number of hydrogen-bond acceptors (Lipinski definition) is 9. The van der Waals surface area contributed by atoms with Gasteiger partial charge in [0.2, 0.25) is 21.9 Å². The monoisotopic (exact) mass is 536 g/mol. The first-order valence-electron chi connectivity index (χ1n) is 10.9. The summed E-state index contributed by atoms with van der Waals surface area (Å²) in [5.41, 5.74) is 2.29. The van der Waals surface area contributed by atoms with Gasteiger partial charge in [0, 0.05) is 7.05 Å². The highest BCUT2D eigenvalue weighted by molar-refractivity contribution is 7.92. The summed E-state index contributed by atoms with van der Waals surface area (Å²) in [6, 6.07) is 5.07. The second-order valence-corrected chi connectivity index (χ2v) is 10.4. The van der Waals surface area contributed by atoms with Crippen LogP contribution in [0.2, 0.25) is 0 Å². The summed E-state index contributed by atoms with van der Waals surface area (Å²) in [7, 11) is -2.58. The lowest BCUT2D eigenvalue weighted by molar-refractivity contribution is -0.115. The summed E-state index contributed by atoms with van der Waals surface area (Å²) in [4.78, 5) is 28.4. The molecule has 37 heavy (non-hydrogen) atoms. The Balaban J connectivity index is 1.72. The van der Waals surface area contributed by atoms with Crippen molar-refractivity contribution >= 4 is 44.9 Å². The Labute approximate surface area is 210 Å². The lowest BCUT2D eigenvalue weighted by atomic mass is 10.1. The Kier molecular flexibility index (Phi) is 6.90. The standard InChI is InChI=1S/C22H23F3N8O3S/c1-11-12(2)28-20(32(3)37(4,35)36)16(27-11)10-33(21(24)25)19-14(23)9-26-22(31-19)29-15-7-5-6-13-8-17(34)30-18(13)15/h5-7,9,21H,8,10H2,1-4H3,(H,30,34)(H,26,29,31). The average Bonchev–Trinajstić information content (AvgIpc) is 3.21. The number of fused-ring (bicyclic) bond motifs is 1. The molecule has 0 atom stereocenters. The van der Waals surface area contributed by atoms with Crippen LogP contribution in [0, 0.1) is 19.7 Å². The van der Waals surface area contributed by atoms with Gasteiger partial charge in [0.15, 0.2) is 17.5 Å². The van der Waals surface area contributed by atoms with E-state index in [1.54, 1.807) is 32.0 Å². The number of aromatic nitrogens is 4. The topological polar surface area (TPSA) is 133 Å². The van der Waals surface area contributed by atoms with Gasteiger partial charge in [-0.25, -0.2) is 22.8 Å². The van der Waals surface area contributed by atoms with Crippen LogP contribution in [0.3, 0.4) is 0 Å². The molecular formula is C22H23F3N8O3S. The van der Waals surface area contributed by atoms with E-state index in [0.29, 0.717) is 27.7 Å². The zero-order valence-electron chi connectivity index (χ0n) is 20.3. The Morgan fingerprint density at radius 3 is 2.51 bits per heavy atom. The minimum atomic E-state index is -3.80. The first kappa shape index (κ1) is 26.1. The molecule has 1 aliphatic rings. The van der Waals surface area contributed by atoms with E-state index in [9.17, 15) is 26.4 Å². The molecule has 3 aromatic rings. The molecule has 1 aliphatic heterocycles. The number of amides is 1. The van der Waals surface area contributed by atoms with Crippen molar-refractivity contribution in [1.82, 2.24) is 19.9 Å². The first-order valence-corrected chi connectivity index (χ1v) is 12.7. The Bertz CT molecular complexity index is 1490. The highest BCUT2D eigenvalue weighted by Crippen LogP contribution is 2.33. The van der Waals surface area contributed by atoms with Crippen LogP contribution >= 0.6 is 0 Å². The number of carbonyl (C=O) groups is 1. The van der Waals surface area contributed by atoms with E-state index in [1.165, 1.54) is 7.05 Å². The summed E-state index contributed by atoms with van der Waals surface area (Å²) in [5.74, 6) is -2.45. The smallest absolute Gasteiger partial charge is 0.316 e. The molecule has 0 radical (unpaired) electrons. The fourth-order valence-electron chi connectivity index (χ4n) is 3.65. The van der Waals surface area contributed by atoms with Crippen molar-refractivity contribution in [2.75, 3.05) is 33.1 Å². The zero-order chi connectivity index (χ0) is 27.1. The number of alkyl halides is 2. The molecule has 3 heterocycles. The third kappa shape index (κ3) is 5.40. The summed E-state index contributed by atoms with van der Waals surface area (Å²) in [5, 5.41) is 5.52. The number of rotatable bonds is 8. The van der Waals surface area contributed by atoms with Crippen molar-refractivity contribution in [3.8, 4) is 0 Å². The van der Waals surface area contributed by atoms with Gasteiger partial charge in [0.25, 0.3) is 0 Å². The van der Waals surface area contributed by atoms with Crippen LogP contribution in [-0.2, 0) is 27.8 Å². The molecule has 1 aromatic carbocycles. The predicted octanol–water partition coefficient (Wildman–Crippen LogP) is 2.89. The molecule has 0 aliphatic carbocycles. The van der Waals surface area contributed by atoms with Crippen LogP contribution in [0.15, 0.2) is 24.4 Å². The maximum absolute atomic E-state index is 14.8. The van der Waals surface area contributed by atoms with Gasteiger partial charge in [-0.05, 0) is 25.5 Å². The summed E-state index contributed by atoms with van der Waals surface area (Å²) in [6.45, 7) is -0.753. The highest BCUT2D eigenvalue weighted by atomic mass is 32.2. The molecule has 0 saturated carbocycles. The molecule has 11 nitrogen and oxygen atoms in total. The number of halogens is 3. The van der Waals surface area contributed by atoms with Gasteiger partial charge in [0.1, 0.15) is 5.69 Å². The van der Waals surface area contributed by atoms with Crippen molar-refractivity contribution < 1.29 is 26.4 Å². The molecular weight excluding hydrogens is 513 g/mol. The van der Waals surface area contributed by atoms with Gasteiger partial charge < -0.3 is 10.6 Å². The van der Waals surface area contributed by atoms with Crippen molar-refractivity contribution in [2.24, 2.45) is 0 Å². The van der Waals surface area contributed by atoms with Gasteiger partial charge in [-0.2, -0.15) is 13.8 Å². The zero-order valence-corrected chi connectivity index (χ0v) is 21.1. The van der Waals surface area contributed by atoms with Crippen molar-refractivity contribution in [3.05, 3.63) is 52.9 Å². The quantitative estimate of drug-likeness (QED) is 0.417. The van der Waals surface area contributed by atoms with Crippen molar-refractivity contribution in [3.63, 3.8) is 0 Å². The van der Waals surface area contributed by atoms with E-state index >= 15 is 0 Å². The van der Waals surface area contributed by atoms with E-state index in [0.717, 1.165) is 22.3 Å². The van der Waals surface area contributed by atoms with Gasteiger partial charge in [-0.15, -0.1) is 0 Å². The van der Waals surface area contributed by atoms with Crippen LogP contribution < -0.4 is 19.8 Å². The molecule has 0 spiro atoms. The number of para-hydroxylation sites is 1. The number of anilines is 5. The molecule has 0 unspecified atom stereocenters. The third-order valence-electron chi connectivity index (χ3n) is 5.72. The lowest BCUT2D eigenvalue weighted by Gasteiger charge is -2.26. The maximum atomic E-state index is 14.8. The predicted molar refractivity (Wildman–Crippen MR) is 131 cm³/mol. The number of nitrogens with one attached hydrogen (secondary N) is 2. The van der Waals surface area contributed by atoms with Crippen LogP contribution in [0.5, 0.6) is 0 Å². The van der Waals surface area contributed by atoms with Crippen LogP contribution in [0.4, 0.5) is 42.1 Å². The molecule has 0 bridgehead atoms. The van der Waals surface area contributed by atoms with E-state index < -0.39 is 34.8 Å². The summed E-state index contributed by atoms with van der Waals surface area (Å²) in [6.07, 6.45) is 1.85. The van der Waals surface area contributed by atoms with E-state index in [1.807, 2.05) is 0 Å². The van der Waals surface area contributed by atoms with Gasteiger partial charge in [0.05, 0.1) is 48.2 Å². The first-order chi connectivity index (χ1) is 17.3. The number of carbonyl (C=O) groups excluding carboxylic acids is 1. The molecule has 0 fully saturated rings. The number of benzene rings is 1. The Morgan fingerprint density at radius 1 is 1.14 bits per heavy atom. The largest absolute Gasteiger partial charge is 0.324 e. The van der Waals surface area contributed by atoms with Crippen LogP contribution in [-0.4, -0.2) is 54.1 Å². The molecule has 0 saturated heterocycles. The molecule has 15 heteroatoms. The van der Waals surface area contributed by atoms with Gasteiger partial charge in [-0.1, -0.05) is 12.1 Å². The van der Waals surface area contributed by atoms with Crippen LogP contribution in [0.25, 0.3) is 0 Å². The number of aryl methyl sites for hydroxylation is 2. The normalized spacial score (nSPS) is 12.9. The second kappa shape index (κ2) is 9.80. The fraction of sp³-hybridized carbons (Fsp3) is 0.318. The minimum absolute atomic E-state index is 0.118. The molecule has 196 valence electrons. The highest BCUT2D eigenvalue weighted by Gasteiger charge is 2.28. The number of nitrogens with zero attached hydrogens (tertiary/aromatic N) is 6. The fourth-order valence-corrected chi connectivity index (χ4v) is 4.11. The summed E-state index contributed by atoms with van der Waals surface area (Å²) < 4.78 is 68.3. The Hall–Kier alpha value is -4.01. The van der Waals surface area contributed by atoms with Crippen LogP contribution in [0.1, 0.15) is 22.6 Å². The Morgan fingerprint density at radius 2 is 1.84 bits per heavy atom. The number of sulfonamides is 1. The minimum Gasteiger partial charge on any atom is -0.324 e. The maximum Gasteiger partial charge on any atom is 0.316 e. The number of hydrogen-bond donors (Lipinski definition) is 2. The SMILES string of the molecule is Cc1nc(CN(c2nc(Nc3cccc4c3NC(=O)C4)ncc2F)C(F)F)c(N(C)S(C)(=O)=O)nc1C. The second-order valence-electron chi connectivity index (χ2n) is 8.36.